The molecular formula is C12H9FN4O2. The van der Waals surface area contributed by atoms with E-state index in [0.717, 1.165) is 6.07 Å². The van der Waals surface area contributed by atoms with E-state index in [1.807, 2.05) is 6.07 Å². The lowest BCUT2D eigenvalue weighted by molar-refractivity contribution is 0.0596. The first-order chi connectivity index (χ1) is 9.08. The average Bonchev–Trinajstić information content (AvgIpc) is 2.79. The fraction of sp³-hybridized carbons (Fsp3) is 0.0833. The number of anilines is 1. The lowest BCUT2D eigenvalue weighted by atomic mass is 10.2. The van der Waals surface area contributed by atoms with Crippen molar-refractivity contribution < 1.29 is 13.9 Å². The highest BCUT2D eigenvalue weighted by molar-refractivity contribution is 5.92. The number of methoxy groups -OCH3 is 1. The second kappa shape index (κ2) is 4.78. The summed E-state index contributed by atoms with van der Waals surface area (Å²) in [5.41, 5.74) is 6.13. The molecule has 2 aromatic rings. The second-order valence-electron chi connectivity index (χ2n) is 3.61. The summed E-state index contributed by atoms with van der Waals surface area (Å²) in [6, 6.07) is 5.50. The quantitative estimate of drug-likeness (QED) is 0.820. The molecule has 6 nitrogen and oxygen atoms in total. The Morgan fingerprint density at radius 3 is 2.95 bits per heavy atom. The van der Waals surface area contributed by atoms with Gasteiger partial charge in [0.2, 0.25) is 0 Å². The van der Waals surface area contributed by atoms with Crippen molar-refractivity contribution in [3.8, 4) is 11.8 Å². The monoisotopic (exact) mass is 260 g/mol. The van der Waals surface area contributed by atoms with Gasteiger partial charge < -0.3 is 10.5 Å². The van der Waals surface area contributed by atoms with E-state index < -0.39 is 11.8 Å². The highest BCUT2D eigenvalue weighted by Gasteiger charge is 2.18. The van der Waals surface area contributed by atoms with Gasteiger partial charge in [0.1, 0.15) is 24.0 Å². The van der Waals surface area contributed by atoms with Crippen molar-refractivity contribution in [2.45, 2.75) is 0 Å². The van der Waals surface area contributed by atoms with E-state index in [0.29, 0.717) is 5.69 Å². The van der Waals surface area contributed by atoms with Gasteiger partial charge >= 0.3 is 5.97 Å². The van der Waals surface area contributed by atoms with Crippen LogP contribution in [0.15, 0.2) is 24.5 Å². The molecule has 0 aliphatic heterocycles. The molecule has 96 valence electrons. The number of nitrogens with zero attached hydrogens (tertiary/aromatic N) is 3. The lowest BCUT2D eigenvalue weighted by Crippen LogP contribution is -2.08. The number of nitrogen functional groups attached to an aromatic ring is 1. The van der Waals surface area contributed by atoms with Crippen LogP contribution in [0.25, 0.3) is 5.69 Å². The molecule has 2 rings (SSSR count). The summed E-state index contributed by atoms with van der Waals surface area (Å²) < 4.78 is 18.9. The van der Waals surface area contributed by atoms with Gasteiger partial charge in [0.25, 0.3) is 0 Å². The van der Waals surface area contributed by atoms with E-state index in [1.165, 1.54) is 30.1 Å². The van der Waals surface area contributed by atoms with Gasteiger partial charge in [-0.15, -0.1) is 0 Å². The van der Waals surface area contributed by atoms with E-state index in [-0.39, 0.29) is 17.1 Å². The van der Waals surface area contributed by atoms with Gasteiger partial charge in [-0.05, 0) is 18.2 Å². The molecule has 0 atom stereocenters. The molecule has 2 N–H and O–H groups in total. The Balaban J connectivity index is 2.58. The van der Waals surface area contributed by atoms with Crippen LogP contribution in [0.4, 0.5) is 10.2 Å². The third-order valence-corrected chi connectivity index (χ3v) is 2.52. The van der Waals surface area contributed by atoms with Crippen LogP contribution in [-0.2, 0) is 4.74 Å². The number of nitriles is 1. The number of halogens is 1. The first-order valence-electron chi connectivity index (χ1n) is 5.19. The van der Waals surface area contributed by atoms with Gasteiger partial charge in [0.15, 0.2) is 5.69 Å². The highest BCUT2D eigenvalue weighted by Crippen LogP contribution is 2.21. The number of imidazole rings is 1. The van der Waals surface area contributed by atoms with Gasteiger partial charge in [-0.2, -0.15) is 5.26 Å². The molecule has 0 aliphatic carbocycles. The van der Waals surface area contributed by atoms with Crippen LogP contribution in [0, 0.1) is 17.1 Å². The molecule has 19 heavy (non-hydrogen) atoms. The molecule has 0 saturated heterocycles. The number of hydrogen-bond donors (Lipinski definition) is 1. The third-order valence-electron chi connectivity index (χ3n) is 2.52. The summed E-state index contributed by atoms with van der Waals surface area (Å²) in [5.74, 6) is -1.20. The standard InChI is InChI=1S/C12H9FN4O2/c1-19-12(18)10-11(15)17(6-16-10)9-3-2-8(13)4-7(9)5-14/h2-4,6H,15H2,1H3. The normalized spacial score (nSPS) is 9.95. The van der Waals surface area contributed by atoms with E-state index in [4.69, 9.17) is 11.0 Å². The molecule has 0 amide bonds. The Labute approximate surface area is 107 Å². The maximum atomic E-state index is 13.1. The van der Waals surface area contributed by atoms with Crippen molar-refractivity contribution in [1.29, 1.82) is 5.26 Å². The summed E-state index contributed by atoms with van der Waals surface area (Å²) in [4.78, 5) is 15.2. The van der Waals surface area contributed by atoms with Crippen molar-refractivity contribution in [3.05, 3.63) is 41.6 Å². The molecule has 0 aliphatic rings. The SMILES string of the molecule is COC(=O)c1ncn(-c2ccc(F)cc2C#N)c1N. The molecule has 1 aromatic heterocycles. The largest absolute Gasteiger partial charge is 0.464 e. The van der Waals surface area contributed by atoms with Gasteiger partial charge in [-0.3, -0.25) is 4.57 Å². The van der Waals surface area contributed by atoms with Crippen molar-refractivity contribution in [1.82, 2.24) is 9.55 Å². The Kier molecular flexibility index (Phi) is 3.16. The molecule has 1 heterocycles. The minimum atomic E-state index is -0.683. The van der Waals surface area contributed by atoms with Crippen molar-refractivity contribution in [2.24, 2.45) is 0 Å². The smallest absolute Gasteiger partial charge is 0.360 e. The number of hydrogen-bond acceptors (Lipinski definition) is 5. The lowest BCUT2D eigenvalue weighted by Gasteiger charge is -2.07. The van der Waals surface area contributed by atoms with Crippen molar-refractivity contribution in [3.63, 3.8) is 0 Å². The number of esters is 1. The molecule has 0 unspecified atom stereocenters. The molecule has 7 heteroatoms. The first-order valence-corrected chi connectivity index (χ1v) is 5.19. The Hall–Kier alpha value is -2.88. The number of nitrogens with two attached hydrogens (primary N) is 1. The topological polar surface area (TPSA) is 93.9 Å². The molecule has 0 saturated carbocycles. The summed E-state index contributed by atoms with van der Waals surface area (Å²) in [6.45, 7) is 0. The highest BCUT2D eigenvalue weighted by atomic mass is 19.1. The Morgan fingerprint density at radius 2 is 2.32 bits per heavy atom. The summed E-state index contributed by atoms with van der Waals surface area (Å²) in [7, 11) is 1.21. The molecule has 0 radical (unpaired) electrons. The maximum Gasteiger partial charge on any atom is 0.360 e. The fourth-order valence-corrected chi connectivity index (χ4v) is 1.61. The summed E-state index contributed by atoms with van der Waals surface area (Å²) in [5, 5.41) is 8.97. The third kappa shape index (κ3) is 2.11. The number of carbonyl (C=O) groups excluding carboxylic acids is 1. The molecular weight excluding hydrogens is 251 g/mol. The van der Waals surface area contributed by atoms with Crippen LogP contribution in [0.5, 0.6) is 0 Å². The number of carbonyl (C=O) groups is 1. The number of aromatic nitrogens is 2. The molecule has 0 spiro atoms. The zero-order chi connectivity index (χ0) is 14.0. The van der Waals surface area contributed by atoms with Crippen LogP contribution in [0.1, 0.15) is 16.1 Å². The predicted molar refractivity (Wildman–Crippen MR) is 64.0 cm³/mol. The predicted octanol–water partition coefficient (Wildman–Crippen LogP) is 1.25. The summed E-state index contributed by atoms with van der Waals surface area (Å²) in [6.07, 6.45) is 1.27. The van der Waals surface area contributed by atoms with Crippen LogP contribution in [0.3, 0.4) is 0 Å². The minimum absolute atomic E-state index is 0.0231. The zero-order valence-corrected chi connectivity index (χ0v) is 9.92. The number of rotatable bonds is 2. The molecule has 0 bridgehead atoms. The van der Waals surface area contributed by atoms with E-state index >= 15 is 0 Å². The average molecular weight is 260 g/mol. The molecule has 1 aromatic carbocycles. The van der Waals surface area contributed by atoms with E-state index in [1.54, 1.807) is 0 Å². The Bertz CT molecular complexity index is 688. The van der Waals surface area contributed by atoms with Crippen molar-refractivity contribution in [2.75, 3.05) is 12.8 Å². The second-order valence-corrected chi connectivity index (χ2v) is 3.61. The van der Waals surface area contributed by atoms with E-state index in [2.05, 4.69) is 9.72 Å². The minimum Gasteiger partial charge on any atom is -0.464 e. The maximum absolute atomic E-state index is 13.1. The first kappa shape index (κ1) is 12.6. The van der Waals surface area contributed by atoms with Crippen LogP contribution in [0.2, 0.25) is 0 Å². The number of benzene rings is 1. The van der Waals surface area contributed by atoms with E-state index in [9.17, 15) is 9.18 Å². The van der Waals surface area contributed by atoms with Gasteiger partial charge in [-0.25, -0.2) is 14.2 Å². The Morgan fingerprint density at radius 1 is 1.58 bits per heavy atom. The van der Waals surface area contributed by atoms with Crippen LogP contribution < -0.4 is 5.73 Å². The molecule has 0 fully saturated rings. The number of ether oxygens (including phenoxy) is 1. The van der Waals surface area contributed by atoms with Crippen molar-refractivity contribution >= 4 is 11.8 Å². The van der Waals surface area contributed by atoms with Crippen LogP contribution >= 0.6 is 0 Å². The summed E-state index contributed by atoms with van der Waals surface area (Å²) >= 11 is 0. The van der Waals surface area contributed by atoms with Gasteiger partial charge in [-0.1, -0.05) is 0 Å². The zero-order valence-electron chi connectivity index (χ0n) is 9.92. The fourth-order valence-electron chi connectivity index (χ4n) is 1.61. The van der Waals surface area contributed by atoms with Gasteiger partial charge in [0, 0.05) is 0 Å². The van der Waals surface area contributed by atoms with Gasteiger partial charge in [0.05, 0.1) is 18.4 Å². The van der Waals surface area contributed by atoms with Crippen LogP contribution in [-0.4, -0.2) is 22.6 Å².